The van der Waals surface area contributed by atoms with Crippen molar-refractivity contribution in [2.24, 2.45) is 0 Å². The van der Waals surface area contributed by atoms with Crippen molar-refractivity contribution >= 4 is 23.1 Å². The molecule has 0 bridgehead atoms. The van der Waals surface area contributed by atoms with E-state index in [2.05, 4.69) is 39.4 Å². The molecule has 0 fully saturated rings. The molecule has 0 atom stereocenters. The van der Waals surface area contributed by atoms with Gasteiger partial charge >= 0.3 is 0 Å². The van der Waals surface area contributed by atoms with Gasteiger partial charge in [-0.3, -0.25) is 0 Å². The van der Waals surface area contributed by atoms with Gasteiger partial charge in [0.05, 0.1) is 0 Å². The third kappa shape index (κ3) is 1.66. The van der Waals surface area contributed by atoms with Gasteiger partial charge in [0.25, 0.3) is 0 Å². The number of hydrogen-bond donors (Lipinski definition) is 0. The number of para-hydroxylation sites is 1. The fourth-order valence-corrected chi connectivity index (χ4v) is 2.56. The van der Waals surface area contributed by atoms with E-state index in [9.17, 15) is 0 Å². The van der Waals surface area contributed by atoms with E-state index in [1.54, 1.807) is 0 Å². The Morgan fingerprint density at radius 1 is 1.11 bits per heavy atom. The zero-order valence-electron chi connectivity index (χ0n) is 10.4. The van der Waals surface area contributed by atoms with Gasteiger partial charge in [-0.2, -0.15) is 0 Å². The molecule has 0 saturated carbocycles. The maximum atomic E-state index is 6.00. The summed E-state index contributed by atoms with van der Waals surface area (Å²) < 4.78 is 0. The number of aromatic nitrogens is 2. The van der Waals surface area contributed by atoms with Crippen molar-refractivity contribution in [3.63, 3.8) is 0 Å². The van der Waals surface area contributed by atoms with Crippen molar-refractivity contribution < 1.29 is 0 Å². The number of halogens is 1. The Labute approximate surface area is 111 Å². The van der Waals surface area contributed by atoms with Crippen LogP contribution in [0.15, 0.2) is 24.3 Å². The Morgan fingerprint density at radius 3 is 2.72 bits per heavy atom. The summed E-state index contributed by atoms with van der Waals surface area (Å²) in [5.41, 5.74) is 4.71. The normalized spacial score (nSPS) is 13.8. The van der Waals surface area contributed by atoms with Crippen molar-refractivity contribution in [2.45, 2.75) is 20.3 Å². The van der Waals surface area contributed by atoms with Crippen LogP contribution in [0, 0.1) is 13.8 Å². The first-order valence-corrected chi connectivity index (χ1v) is 6.41. The number of rotatable bonds is 1. The van der Waals surface area contributed by atoms with Crippen molar-refractivity contribution in [1.29, 1.82) is 0 Å². The molecule has 0 N–H and O–H groups in total. The molecule has 0 amide bonds. The lowest BCUT2D eigenvalue weighted by Gasteiger charge is -2.20. The van der Waals surface area contributed by atoms with Crippen LogP contribution in [0.5, 0.6) is 0 Å². The second-order valence-electron chi connectivity index (χ2n) is 4.59. The zero-order chi connectivity index (χ0) is 12.7. The van der Waals surface area contributed by atoms with E-state index >= 15 is 0 Å². The van der Waals surface area contributed by atoms with Gasteiger partial charge in [0.1, 0.15) is 0 Å². The molecule has 18 heavy (non-hydrogen) atoms. The molecule has 0 saturated heterocycles. The smallest absolute Gasteiger partial charge is 0.159 e. The van der Waals surface area contributed by atoms with Gasteiger partial charge in [-0.15, -0.1) is 10.2 Å². The Hall–Kier alpha value is -1.61. The van der Waals surface area contributed by atoms with Gasteiger partial charge < -0.3 is 4.90 Å². The largest absolute Gasteiger partial charge is 0.324 e. The number of fused-ring (bicyclic) bond motifs is 1. The summed E-state index contributed by atoms with van der Waals surface area (Å²) in [6.07, 6.45) is 1.05. The van der Waals surface area contributed by atoms with Crippen molar-refractivity contribution in [3.05, 3.63) is 46.1 Å². The van der Waals surface area contributed by atoms with Crippen LogP contribution in [-0.4, -0.2) is 16.7 Å². The van der Waals surface area contributed by atoms with E-state index in [-0.39, 0.29) is 0 Å². The van der Waals surface area contributed by atoms with E-state index in [0.29, 0.717) is 5.15 Å². The number of nitrogens with zero attached hydrogens (tertiary/aromatic N) is 3. The monoisotopic (exact) mass is 259 g/mol. The first-order chi connectivity index (χ1) is 8.68. The van der Waals surface area contributed by atoms with Crippen LogP contribution in [0.25, 0.3) is 0 Å². The lowest BCUT2D eigenvalue weighted by Crippen LogP contribution is -2.17. The molecule has 0 unspecified atom stereocenters. The lowest BCUT2D eigenvalue weighted by atomic mass is 10.1. The summed E-state index contributed by atoms with van der Waals surface area (Å²) in [4.78, 5) is 2.22. The molecule has 2 heterocycles. The second-order valence-corrected chi connectivity index (χ2v) is 4.95. The quantitative estimate of drug-likeness (QED) is 0.786. The highest BCUT2D eigenvalue weighted by atomic mass is 35.5. The minimum atomic E-state index is 0.490. The molecule has 0 spiro atoms. The molecule has 4 heteroatoms. The van der Waals surface area contributed by atoms with Crippen molar-refractivity contribution in [2.75, 3.05) is 11.4 Å². The van der Waals surface area contributed by atoms with E-state index in [4.69, 9.17) is 11.6 Å². The summed E-state index contributed by atoms with van der Waals surface area (Å²) in [7, 11) is 0. The SMILES string of the molecule is Cc1c(Cl)nnc(N2CCc3ccccc32)c1C. The van der Waals surface area contributed by atoms with Gasteiger partial charge in [-0.05, 0) is 43.0 Å². The molecule has 1 aliphatic heterocycles. The van der Waals surface area contributed by atoms with Crippen LogP contribution in [0.2, 0.25) is 5.15 Å². The van der Waals surface area contributed by atoms with Crippen LogP contribution < -0.4 is 4.90 Å². The summed E-state index contributed by atoms with van der Waals surface area (Å²) in [6, 6.07) is 8.44. The molecular formula is C14H14ClN3. The summed E-state index contributed by atoms with van der Waals surface area (Å²) in [6.45, 7) is 4.99. The van der Waals surface area contributed by atoms with E-state index < -0.39 is 0 Å². The topological polar surface area (TPSA) is 29.0 Å². The highest BCUT2D eigenvalue weighted by Crippen LogP contribution is 2.35. The van der Waals surface area contributed by atoms with Crippen LogP contribution in [0.1, 0.15) is 16.7 Å². The van der Waals surface area contributed by atoms with Crippen LogP contribution in [0.4, 0.5) is 11.5 Å². The fourth-order valence-electron chi connectivity index (χ4n) is 2.38. The highest BCUT2D eigenvalue weighted by molar-refractivity contribution is 6.30. The van der Waals surface area contributed by atoms with E-state index in [1.165, 1.54) is 11.3 Å². The predicted octanol–water partition coefficient (Wildman–Crippen LogP) is 3.44. The van der Waals surface area contributed by atoms with Gasteiger partial charge in [0.2, 0.25) is 0 Å². The number of hydrogen-bond acceptors (Lipinski definition) is 3. The van der Waals surface area contributed by atoms with E-state index in [0.717, 1.165) is 29.9 Å². The van der Waals surface area contributed by atoms with Gasteiger partial charge in [0.15, 0.2) is 11.0 Å². The average molecular weight is 260 g/mol. The number of anilines is 2. The first kappa shape index (κ1) is 11.5. The molecule has 1 aromatic carbocycles. The molecule has 3 rings (SSSR count). The third-order valence-corrected chi connectivity index (χ3v) is 3.94. The van der Waals surface area contributed by atoms with Gasteiger partial charge in [0, 0.05) is 12.2 Å². The molecule has 2 aromatic rings. The Bertz CT molecular complexity index is 610. The number of benzene rings is 1. The Kier molecular flexibility index (Phi) is 2.71. The molecule has 1 aliphatic rings. The molecule has 0 radical (unpaired) electrons. The van der Waals surface area contributed by atoms with Gasteiger partial charge in [-0.1, -0.05) is 29.8 Å². The Balaban J connectivity index is 2.11. The maximum absolute atomic E-state index is 6.00. The highest BCUT2D eigenvalue weighted by Gasteiger charge is 2.23. The van der Waals surface area contributed by atoms with Crippen LogP contribution in [0.3, 0.4) is 0 Å². The minimum Gasteiger partial charge on any atom is -0.324 e. The molecule has 92 valence electrons. The average Bonchev–Trinajstić information content (AvgIpc) is 2.80. The Morgan fingerprint density at radius 2 is 1.89 bits per heavy atom. The van der Waals surface area contributed by atoms with Crippen molar-refractivity contribution in [1.82, 2.24) is 10.2 Å². The summed E-state index contributed by atoms with van der Waals surface area (Å²) in [5.74, 6) is 0.918. The second kappa shape index (κ2) is 4.25. The molecule has 1 aromatic heterocycles. The van der Waals surface area contributed by atoms with Crippen molar-refractivity contribution in [3.8, 4) is 0 Å². The van der Waals surface area contributed by atoms with Gasteiger partial charge in [-0.25, -0.2) is 0 Å². The van der Waals surface area contributed by atoms with Crippen LogP contribution >= 0.6 is 11.6 Å². The summed E-state index contributed by atoms with van der Waals surface area (Å²) in [5, 5.41) is 8.78. The lowest BCUT2D eigenvalue weighted by molar-refractivity contribution is 0.909. The third-order valence-electron chi connectivity index (χ3n) is 3.58. The van der Waals surface area contributed by atoms with Crippen LogP contribution in [-0.2, 0) is 6.42 Å². The molecular weight excluding hydrogens is 246 g/mol. The summed E-state index contributed by atoms with van der Waals surface area (Å²) >= 11 is 6.00. The molecule has 3 nitrogen and oxygen atoms in total. The van der Waals surface area contributed by atoms with E-state index in [1.807, 2.05) is 13.8 Å². The molecule has 0 aliphatic carbocycles. The fraction of sp³-hybridized carbons (Fsp3) is 0.286. The maximum Gasteiger partial charge on any atom is 0.159 e. The zero-order valence-corrected chi connectivity index (χ0v) is 11.2. The minimum absolute atomic E-state index is 0.490. The predicted molar refractivity (Wildman–Crippen MR) is 73.7 cm³/mol. The first-order valence-electron chi connectivity index (χ1n) is 6.03. The standard InChI is InChI=1S/C14H14ClN3/c1-9-10(2)14(17-16-13(9)15)18-8-7-11-5-3-4-6-12(11)18/h3-6H,7-8H2,1-2H3.